The average molecular weight is 491 g/mol. The molecule has 2 heterocycles. The molecule has 33 heavy (non-hydrogen) atoms. The van der Waals surface area contributed by atoms with Gasteiger partial charge in [0.25, 0.3) is 0 Å². The Morgan fingerprint density at radius 2 is 1.70 bits per heavy atom. The smallest absolute Gasteiger partial charge is 0.339 e. The number of benzene rings is 2. The Hall–Kier alpha value is -1.95. The summed E-state index contributed by atoms with van der Waals surface area (Å²) >= 11 is 12.1. The van der Waals surface area contributed by atoms with Gasteiger partial charge in [-0.1, -0.05) is 29.3 Å². The monoisotopic (exact) mass is 490 g/mol. The Morgan fingerprint density at radius 1 is 0.970 bits per heavy atom. The van der Waals surface area contributed by atoms with E-state index in [1.54, 1.807) is 12.1 Å². The van der Waals surface area contributed by atoms with E-state index in [1.807, 2.05) is 18.2 Å². The summed E-state index contributed by atoms with van der Waals surface area (Å²) in [6.45, 7) is 7.23. The second-order valence-electron chi connectivity index (χ2n) is 9.14. The van der Waals surface area contributed by atoms with Crippen LogP contribution in [0.5, 0.6) is 5.75 Å². The van der Waals surface area contributed by atoms with Crippen LogP contribution in [0.4, 0.5) is 5.69 Å². The Kier molecular flexibility index (Phi) is 8.05. The molecule has 2 aromatic rings. The number of carbonyl (C=O) groups excluding carboxylic acids is 1. The fourth-order valence-corrected chi connectivity index (χ4v) is 5.15. The standard InChI is InChI=1S/C26H32Cl2N2O3/c1-18-3-5-22(26(31)32-2)25(15-18)30-13-7-19(8-14-30)17-29-11-9-20(10-12-29)33-21-4-6-23(27)24(28)16-21/h3-6,15-16,19-20H,7-14,17H2,1-2H3. The highest BCUT2D eigenvalue weighted by Crippen LogP contribution is 2.30. The minimum atomic E-state index is -0.266. The molecular weight excluding hydrogens is 459 g/mol. The van der Waals surface area contributed by atoms with Gasteiger partial charge in [0.05, 0.1) is 28.4 Å². The summed E-state index contributed by atoms with van der Waals surface area (Å²) in [5, 5.41) is 1.08. The molecule has 0 atom stereocenters. The molecule has 0 aliphatic carbocycles. The number of rotatable bonds is 6. The van der Waals surface area contributed by atoms with E-state index in [1.165, 1.54) is 7.11 Å². The van der Waals surface area contributed by atoms with Crippen molar-refractivity contribution in [1.29, 1.82) is 0 Å². The first-order chi connectivity index (χ1) is 15.9. The van der Waals surface area contributed by atoms with Crippen LogP contribution < -0.4 is 9.64 Å². The molecule has 7 heteroatoms. The number of hydrogen-bond donors (Lipinski definition) is 0. The summed E-state index contributed by atoms with van der Waals surface area (Å²) in [6, 6.07) is 11.4. The molecule has 4 rings (SSSR count). The van der Waals surface area contributed by atoms with Crippen LogP contribution in [0.2, 0.25) is 10.0 Å². The number of methoxy groups -OCH3 is 1. The van der Waals surface area contributed by atoms with E-state index in [9.17, 15) is 4.79 Å². The number of carbonyl (C=O) groups is 1. The van der Waals surface area contributed by atoms with Crippen molar-refractivity contribution in [3.8, 4) is 5.75 Å². The molecule has 0 radical (unpaired) electrons. The van der Waals surface area contributed by atoms with Crippen LogP contribution >= 0.6 is 23.2 Å². The molecule has 2 aliphatic heterocycles. The van der Waals surface area contributed by atoms with Gasteiger partial charge in [0.15, 0.2) is 0 Å². The number of ether oxygens (including phenoxy) is 2. The van der Waals surface area contributed by atoms with Crippen LogP contribution in [0.25, 0.3) is 0 Å². The van der Waals surface area contributed by atoms with E-state index in [0.29, 0.717) is 21.5 Å². The molecule has 2 aliphatic rings. The lowest BCUT2D eigenvalue weighted by Gasteiger charge is -2.38. The van der Waals surface area contributed by atoms with E-state index < -0.39 is 0 Å². The third-order valence-electron chi connectivity index (χ3n) is 6.76. The van der Waals surface area contributed by atoms with Crippen molar-refractivity contribution in [3.05, 3.63) is 57.6 Å². The largest absolute Gasteiger partial charge is 0.490 e. The number of likely N-dealkylation sites (tertiary alicyclic amines) is 1. The molecule has 0 aromatic heterocycles. The third kappa shape index (κ3) is 6.14. The van der Waals surface area contributed by atoms with E-state index >= 15 is 0 Å². The van der Waals surface area contributed by atoms with Gasteiger partial charge in [0.1, 0.15) is 11.9 Å². The summed E-state index contributed by atoms with van der Waals surface area (Å²) in [4.78, 5) is 17.1. The van der Waals surface area contributed by atoms with Crippen molar-refractivity contribution in [3.63, 3.8) is 0 Å². The van der Waals surface area contributed by atoms with Crippen molar-refractivity contribution in [2.45, 2.75) is 38.7 Å². The predicted molar refractivity (Wildman–Crippen MR) is 134 cm³/mol. The van der Waals surface area contributed by atoms with Crippen molar-refractivity contribution >= 4 is 34.9 Å². The lowest BCUT2D eigenvalue weighted by Crippen LogP contribution is -2.43. The summed E-state index contributed by atoms with van der Waals surface area (Å²) in [5.41, 5.74) is 2.82. The van der Waals surface area contributed by atoms with Gasteiger partial charge in [0.2, 0.25) is 0 Å². The van der Waals surface area contributed by atoms with Crippen molar-refractivity contribution in [2.24, 2.45) is 5.92 Å². The first-order valence-electron chi connectivity index (χ1n) is 11.7. The number of hydrogen-bond acceptors (Lipinski definition) is 5. The van der Waals surface area contributed by atoms with Crippen molar-refractivity contribution in [2.75, 3.05) is 44.7 Å². The SMILES string of the molecule is COC(=O)c1ccc(C)cc1N1CCC(CN2CCC(Oc3ccc(Cl)c(Cl)c3)CC2)CC1. The Morgan fingerprint density at radius 3 is 2.36 bits per heavy atom. The molecule has 0 saturated carbocycles. The van der Waals surface area contributed by atoms with Gasteiger partial charge in [-0.25, -0.2) is 4.79 Å². The molecule has 5 nitrogen and oxygen atoms in total. The number of halogens is 2. The van der Waals surface area contributed by atoms with Gasteiger partial charge in [0, 0.05) is 38.8 Å². The third-order valence-corrected chi connectivity index (χ3v) is 7.50. The topological polar surface area (TPSA) is 42.0 Å². The van der Waals surface area contributed by atoms with Gasteiger partial charge >= 0.3 is 5.97 Å². The first kappa shape index (κ1) is 24.2. The molecule has 0 bridgehead atoms. The van der Waals surface area contributed by atoms with Crippen LogP contribution in [0.1, 0.15) is 41.6 Å². The van der Waals surface area contributed by atoms with Gasteiger partial charge in [-0.15, -0.1) is 0 Å². The van der Waals surface area contributed by atoms with Crippen LogP contribution in [-0.2, 0) is 4.74 Å². The summed E-state index contributed by atoms with van der Waals surface area (Å²) in [5.74, 6) is 1.20. The maximum Gasteiger partial charge on any atom is 0.339 e. The second-order valence-corrected chi connectivity index (χ2v) is 9.95. The highest BCUT2D eigenvalue weighted by Gasteiger charge is 2.27. The summed E-state index contributed by atoms with van der Waals surface area (Å²) in [6.07, 6.45) is 4.52. The van der Waals surface area contributed by atoms with E-state index in [0.717, 1.165) is 75.4 Å². The molecule has 0 N–H and O–H groups in total. The molecule has 0 unspecified atom stereocenters. The van der Waals surface area contributed by atoms with Crippen LogP contribution in [0.3, 0.4) is 0 Å². The average Bonchev–Trinajstić information content (AvgIpc) is 2.83. The second kappa shape index (κ2) is 11.0. The Bertz CT molecular complexity index is 968. The minimum Gasteiger partial charge on any atom is -0.490 e. The molecular formula is C26H32Cl2N2O3. The molecule has 0 amide bonds. The zero-order valence-electron chi connectivity index (χ0n) is 19.4. The maximum atomic E-state index is 12.2. The lowest BCUT2D eigenvalue weighted by molar-refractivity contribution is 0.0601. The minimum absolute atomic E-state index is 0.221. The molecule has 0 spiro atoms. The van der Waals surface area contributed by atoms with Gasteiger partial charge in [-0.3, -0.25) is 0 Å². The van der Waals surface area contributed by atoms with Crippen molar-refractivity contribution in [1.82, 2.24) is 4.90 Å². The Balaban J connectivity index is 1.25. The summed E-state index contributed by atoms with van der Waals surface area (Å²) in [7, 11) is 1.44. The van der Waals surface area contributed by atoms with Gasteiger partial charge < -0.3 is 19.3 Å². The fourth-order valence-electron chi connectivity index (χ4n) is 4.86. The van der Waals surface area contributed by atoms with E-state index in [2.05, 4.69) is 22.8 Å². The molecule has 2 fully saturated rings. The lowest BCUT2D eigenvalue weighted by atomic mass is 9.94. The zero-order valence-corrected chi connectivity index (χ0v) is 20.9. The fraction of sp³-hybridized carbons (Fsp3) is 0.500. The summed E-state index contributed by atoms with van der Waals surface area (Å²) < 4.78 is 11.1. The zero-order chi connectivity index (χ0) is 23.4. The number of anilines is 1. The van der Waals surface area contributed by atoms with Crippen LogP contribution in [-0.4, -0.2) is 56.8 Å². The number of aryl methyl sites for hydroxylation is 1. The molecule has 2 aromatic carbocycles. The predicted octanol–water partition coefficient (Wildman–Crippen LogP) is 5.85. The number of esters is 1. The highest BCUT2D eigenvalue weighted by atomic mass is 35.5. The first-order valence-corrected chi connectivity index (χ1v) is 12.5. The van der Waals surface area contributed by atoms with Gasteiger partial charge in [-0.05, 0) is 68.4 Å². The number of nitrogens with zero attached hydrogens (tertiary/aromatic N) is 2. The number of piperidine rings is 2. The Labute approximate surface area is 206 Å². The molecule has 2 saturated heterocycles. The maximum absolute atomic E-state index is 12.2. The van der Waals surface area contributed by atoms with Crippen molar-refractivity contribution < 1.29 is 14.3 Å². The van der Waals surface area contributed by atoms with Gasteiger partial charge in [-0.2, -0.15) is 0 Å². The van der Waals surface area contributed by atoms with E-state index in [4.69, 9.17) is 32.7 Å². The van der Waals surface area contributed by atoms with E-state index in [-0.39, 0.29) is 12.1 Å². The van der Waals surface area contributed by atoms with Crippen LogP contribution in [0, 0.1) is 12.8 Å². The normalized spacial score (nSPS) is 18.4. The highest BCUT2D eigenvalue weighted by molar-refractivity contribution is 6.42. The molecule has 178 valence electrons. The quantitative estimate of drug-likeness (QED) is 0.475. The van der Waals surface area contributed by atoms with Crippen LogP contribution in [0.15, 0.2) is 36.4 Å².